The Hall–Kier alpha value is -4.67. The first-order chi connectivity index (χ1) is 21.8. The summed E-state index contributed by atoms with van der Waals surface area (Å²) < 4.78 is 67.4. The molecule has 0 bridgehead atoms. The smallest absolute Gasteiger partial charge is 0.352 e. The summed E-state index contributed by atoms with van der Waals surface area (Å²) in [7, 11) is 0. The van der Waals surface area contributed by atoms with E-state index in [2.05, 4.69) is 9.97 Å². The fourth-order valence-corrected chi connectivity index (χ4v) is 5.24. The standard InChI is InChI=1S/C33H31F4N5O4/c1-20(30-40-29-24(5-4-13-39-29)31(44)42(30)23-9-6-21(17-38)7-10-23)41(14-12-28-45-18-32(2,3)19-46-28)27(43)16-22-8-11-26(34)25(15-22)33(35,36)37/h4-11,13,15,20,28H,12,14,16,18-19H2,1-3H3/t20-/m1/s1. The Bertz CT molecular complexity index is 1840. The Balaban J connectivity index is 1.56. The molecule has 1 fully saturated rings. The van der Waals surface area contributed by atoms with E-state index in [4.69, 9.17) is 9.47 Å². The second-order valence-corrected chi connectivity index (χ2v) is 11.9. The summed E-state index contributed by atoms with van der Waals surface area (Å²) >= 11 is 0. The first-order valence-corrected chi connectivity index (χ1v) is 14.5. The number of ether oxygens (including phenoxy) is 2. The third-order valence-corrected chi connectivity index (χ3v) is 7.70. The molecule has 3 heterocycles. The largest absolute Gasteiger partial charge is 0.419 e. The number of carbonyl (C=O) groups excluding carboxylic acids is 1. The number of nitrogens with zero attached hydrogens (tertiary/aromatic N) is 5. The van der Waals surface area contributed by atoms with Gasteiger partial charge in [0.2, 0.25) is 5.91 Å². The molecule has 0 spiro atoms. The van der Waals surface area contributed by atoms with Crippen LogP contribution in [0, 0.1) is 22.6 Å². The third-order valence-electron chi connectivity index (χ3n) is 7.70. The number of fused-ring (bicyclic) bond motifs is 1. The maximum absolute atomic E-state index is 14.0. The van der Waals surface area contributed by atoms with Gasteiger partial charge in [-0.2, -0.15) is 18.4 Å². The van der Waals surface area contributed by atoms with E-state index < -0.39 is 47.8 Å². The number of nitriles is 1. The molecule has 46 heavy (non-hydrogen) atoms. The zero-order valence-electron chi connectivity index (χ0n) is 25.3. The average molecular weight is 638 g/mol. The lowest BCUT2D eigenvalue weighted by atomic mass is 9.95. The van der Waals surface area contributed by atoms with Gasteiger partial charge in [-0.1, -0.05) is 19.9 Å². The van der Waals surface area contributed by atoms with Crippen LogP contribution in [0.4, 0.5) is 17.6 Å². The minimum Gasteiger partial charge on any atom is -0.352 e. The molecule has 1 saturated heterocycles. The molecule has 1 aliphatic rings. The van der Waals surface area contributed by atoms with E-state index in [0.29, 0.717) is 36.6 Å². The first kappa shape index (κ1) is 32.7. The van der Waals surface area contributed by atoms with Gasteiger partial charge in [0.25, 0.3) is 5.56 Å². The molecule has 2 aromatic heterocycles. The molecule has 1 aliphatic heterocycles. The summed E-state index contributed by atoms with van der Waals surface area (Å²) in [6, 6.07) is 13.0. The molecular formula is C33H31F4N5O4. The number of carbonyl (C=O) groups is 1. The van der Waals surface area contributed by atoms with Crippen LogP contribution in [-0.4, -0.2) is 51.4 Å². The topological polar surface area (TPSA) is 110 Å². The second kappa shape index (κ2) is 13.0. The van der Waals surface area contributed by atoms with Crippen LogP contribution in [-0.2, 0) is 26.9 Å². The monoisotopic (exact) mass is 637 g/mol. The number of hydrogen-bond acceptors (Lipinski definition) is 7. The predicted octanol–water partition coefficient (Wildman–Crippen LogP) is 5.73. The number of hydrogen-bond donors (Lipinski definition) is 0. The number of aromatic nitrogens is 3. The molecule has 1 amide bonds. The molecule has 0 radical (unpaired) electrons. The van der Waals surface area contributed by atoms with Crippen molar-refractivity contribution in [1.29, 1.82) is 5.26 Å². The summed E-state index contributed by atoms with van der Waals surface area (Å²) in [4.78, 5) is 38.1. The highest BCUT2D eigenvalue weighted by atomic mass is 19.4. The van der Waals surface area contributed by atoms with E-state index in [1.54, 1.807) is 43.3 Å². The van der Waals surface area contributed by atoms with Gasteiger partial charge < -0.3 is 14.4 Å². The maximum Gasteiger partial charge on any atom is 0.419 e. The minimum absolute atomic E-state index is 0.0297. The van der Waals surface area contributed by atoms with Crippen LogP contribution < -0.4 is 5.56 Å². The Morgan fingerprint density at radius 3 is 2.50 bits per heavy atom. The molecule has 13 heteroatoms. The van der Waals surface area contributed by atoms with Crippen molar-refractivity contribution in [1.82, 2.24) is 19.4 Å². The van der Waals surface area contributed by atoms with Crippen molar-refractivity contribution < 1.29 is 31.8 Å². The Kier molecular flexibility index (Phi) is 9.23. The van der Waals surface area contributed by atoms with Crippen molar-refractivity contribution in [2.24, 2.45) is 5.41 Å². The lowest BCUT2D eigenvalue weighted by Gasteiger charge is -2.36. The SMILES string of the molecule is C[C@H](c1nc2ncccc2c(=O)n1-c1ccc(C#N)cc1)N(CCC1OCC(C)(C)CO1)C(=O)Cc1ccc(F)c(C(F)(F)F)c1. The Labute approximate surface area is 262 Å². The highest BCUT2D eigenvalue weighted by molar-refractivity contribution is 5.79. The van der Waals surface area contributed by atoms with Gasteiger partial charge >= 0.3 is 6.18 Å². The summed E-state index contributed by atoms with van der Waals surface area (Å²) in [5, 5.41) is 9.50. The van der Waals surface area contributed by atoms with Gasteiger partial charge in [-0.25, -0.2) is 14.4 Å². The van der Waals surface area contributed by atoms with Crippen LogP contribution in [0.1, 0.15) is 55.7 Å². The normalized spacial score (nSPS) is 15.8. The zero-order valence-corrected chi connectivity index (χ0v) is 25.3. The average Bonchev–Trinajstić information content (AvgIpc) is 3.02. The van der Waals surface area contributed by atoms with E-state index in [1.165, 1.54) is 15.7 Å². The van der Waals surface area contributed by atoms with Crippen LogP contribution in [0.25, 0.3) is 16.7 Å². The number of benzene rings is 2. The van der Waals surface area contributed by atoms with Crippen molar-refractivity contribution in [2.75, 3.05) is 19.8 Å². The maximum atomic E-state index is 14.0. The van der Waals surface area contributed by atoms with Gasteiger partial charge in [-0.05, 0) is 61.0 Å². The van der Waals surface area contributed by atoms with Crippen LogP contribution in [0.5, 0.6) is 0 Å². The van der Waals surface area contributed by atoms with Crippen molar-refractivity contribution in [3.05, 3.63) is 99.5 Å². The van der Waals surface area contributed by atoms with Gasteiger partial charge in [0.05, 0.1) is 53.9 Å². The highest BCUT2D eigenvalue weighted by Crippen LogP contribution is 2.33. The summed E-state index contributed by atoms with van der Waals surface area (Å²) in [5.74, 6) is -1.90. The lowest BCUT2D eigenvalue weighted by Crippen LogP contribution is -2.42. The van der Waals surface area contributed by atoms with E-state index in [0.717, 1.165) is 6.07 Å². The first-order valence-electron chi connectivity index (χ1n) is 14.5. The molecule has 4 aromatic rings. The predicted molar refractivity (Wildman–Crippen MR) is 159 cm³/mol. The van der Waals surface area contributed by atoms with Crippen molar-refractivity contribution in [3.8, 4) is 11.8 Å². The van der Waals surface area contributed by atoms with Crippen LogP contribution in [0.3, 0.4) is 0 Å². The van der Waals surface area contributed by atoms with Crippen molar-refractivity contribution in [2.45, 2.75) is 52.1 Å². The number of alkyl halides is 3. The molecule has 2 aromatic carbocycles. The number of halogens is 4. The van der Waals surface area contributed by atoms with Gasteiger partial charge in [-0.15, -0.1) is 0 Å². The molecule has 0 saturated carbocycles. The molecular weight excluding hydrogens is 606 g/mol. The minimum atomic E-state index is -4.95. The molecule has 9 nitrogen and oxygen atoms in total. The van der Waals surface area contributed by atoms with E-state index in [-0.39, 0.29) is 40.8 Å². The Morgan fingerprint density at radius 2 is 1.85 bits per heavy atom. The summed E-state index contributed by atoms with van der Waals surface area (Å²) in [6.45, 7) is 6.50. The summed E-state index contributed by atoms with van der Waals surface area (Å²) in [5.41, 5.74) is -1.29. The van der Waals surface area contributed by atoms with Crippen molar-refractivity contribution in [3.63, 3.8) is 0 Å². The third kappa shape index (κ3) is 7.08. The highest BCUT2D eigenvalue weighted by Gasteiger charge is 2.35. The number of pyridine rings is 1. The quantitative estimate of drug-likeness (QED) is 0.227. The molecule has 1 atom stereocenters. The molecule has 0 N–H and O–H groups in total. The molecule has 0 aliphatic carbocycles. The van der Waals surface area contributed by atoms with Gasteiger partial charge in [0, 0.05) is 24.6 Å². The molecule has 0 unspecified atom stereocenters. The van der Waals surface area contributed by atoms with Crippen molar-refractivity contribution >= 4 is 16.9 Å². The summed E-state index contributed by atoms with van der Waals surface area (Å²) in [6.07, 6.45) is -4.38. The fraction of sp³-hybridized carbons (Fsp3) is 0.364. The van der Waals surface area contributed by atoms with Crippen LogP contribution >= 0.6 is 0 Å². The fourth-order valence-electron chi connectivity index (χ4n) is 5.24. The Morgan fingerprint density at radius 1 is 1.15 bits per heavy atom. The lowest BCUT2D eigenvalue weighted by molar-refractivity contribution is -0.225. The number of rotatable bonds is 8. The second-order valence-electron chi connectivity index (χ2n) is 11.9. The van der Waals surface area contributed by atoms with Crippen LogP contribution in [0.2, 0.25) is 0 Å². The van der Waals surface area contributed by atoms with E-state index >= 15 is 0 Å². The van der Waals surface area contributed by atoms with E-state index in [9.17, 15) is 32.4 Å². The van der Waals surface area contributed by atoms with Gasteiger partial charge in [-0.3, -0.25) is 14.2 Å². The zero-order chi connectivity index (χ0) is 33.2. The van der Waals surface area contributed by atoms with Gasteiger partial charge in [0.1, 0.15) is 11.6 Å². The van der Waals surface area contributed by atoms with Crippen LogP contribution in [0.15, 0.2) is 65.6 Å². The molecule has 5 rings (SSSR count). The molecule has 240 valence electrons. The number of amides is 1. The van der Waals surface area contributed by atoms with E-state index in [1.807, 2.05) is 19.9 Å². The van der Waals surface area contributed by atoms with Gasteiger partial charge in [0.15, 0.2) is 11.9 Å².